The highest BCUT2D eigenvalue weighted by molar-refractivity contribution is 9.10. The van der Waals surface area contributed by atoms with Gasteiger partial charge in [0.05, 0.1) is 22.4 Å². The molecule has 0 saturated heterocycles. The van der Waals surface area contributed by atoms with Crippen molar-refractivity contribution in [3.8, 4) is 0 Å². The number of aromatic nitrogens is 3. The van der Waals surface area contributed by atoms with Crippen LogP contribution >= 0.6 is 15.9 Å². The average Bonchev–Trinajstić information content (AvgIpc) is 2.61. The molecule has 0 fully saturated rings. The maximum atomic E-state index is 11.8. The van der Waals surface area contributed by atoms with Crippen LogP contribution in [0.4, 0.5) is 5.69 Å². The molecule has 0 aromatic carbocycles. The van der Waals surface area contributed by atoms with Gasteiger partial charge in [-0.2, -0.15) is 5.10 Å². The van der Waals surface area contributed by atoms with Gasteiger partial charge in [0.1, 0.15) is 0 Å². The maximum absolute atomic E-state index is 11.8. The largest absolute Gasteiger partial charge is 0.398 e. The summed E-state index contributed by atoms with van der Waals surface area (Å²) < 4.78 is 4.41. The quantitative estimate of drug-likeness (QED) is 0.939. The second-order valence-electron chi connectivity index (χ2n) is 4.09. The van der Waals surface area contributed by atoms with Crippen molar-refractivity contribution < 1.29 is 0 Å². The van der Waals surface area contributed by atoms with E-state index in [2.05, 4.69) is 21.0 Å². The third-order valence-corrected chi connectivity index (χ3v) is 3.81. The second-order valence-corrected chi connectivity index (χ2v) is 4.88. The topological polar surface area (TPSA) is 65.8 Å². The predicted molar refractivity (Wildman–Crippen MR) is 74.6 cm³/mol. The summed E-state index contributed by atoms with van der Waals surface area (Å²) in [5.74, 6) is 0. The van der Waals surface area contributed by atoms with Crippen LogP contribution in [0.3, 0.4) is 0 Å². The Morgan fingerprint density at radius 3 is 2.83 bits per heavy atom. The van der Waals surface area contributed by atoms with Crippen LogP contribution in [0.2, 0.25) is 0 Å². The zero-order valence-corrected chi connectivity index (χ0v) is 11.9. The van der Waals surface area contributed by atoms with Crippen molar-refractivity contribution in [2.75, 3.05) is 5.73 Å². The molecule has 96 valence electrons. The van der Waals surface area contributed by atoms with Gasteiger partial charge in [-0.1, -0.05) is 0 Å². The summed E-state index contributed by atoms with van der Waals surface area (Å²) in [6.45, 7) is 5.17. The van der Waals surface area contributed by atoms with Crippen molar-refractivity contribution in [2.24, 2.45) is 0 Å². The van der Waals surface area contributed by atoms with Crippen LogP contribution in [0.15, 0.2) is 27.6 Å². The number of aryl methyl sites for hydroxylation is 2. The lowest BCUT2D eigenvalue weighted by Gasteiger charge is -2.08. The Morgan fingerprint density at radius 1 is 1.44 bits per heavy atom. The summed E-state index contributed by atoms with van der Waals surface area (Å²) in [5, 5.41) is 4.40. The van der Waals surface area contributed by atoms with Crippen molar-refractivity contribution in [3.05, 3.63) is 44.5 Å². The Labute approximate surface area is 113 Å². The molecule has 0 unspecified atom stereocenters. The van der Waals surface area contributed by atoms with Crippen molar-refractivity contribution >= 4 is 21.6 Å². The molecule has 0 atom stereocenters. The van der Waals surface area contributed by atoms with Crippen LogP contribution in [0, 0.1) is 6.92 Å². The number of halogens is 1. The SMILES string of the molecule is CCn1nc(C)c(Br)c1Cn1cc(N)ccc1=O. The van der Waals surface area contributed by atoms with E-state index in [0.29, 0.717) is 12.2 Å². The van der Waals surface area contributed by atoms with E-state index in [1.807, 2.05) is 18.5 Å². The lowest BCUT2D eigenvalue weighted by atomic mass is 10.3. The van der Waals surface area contributed by atoms with E-state index in [-0.39, 0.29) is 5.56 Å². The van der Waals surface area contributed by atoms with E-state index in [1.54, 1.807) is 16.8 Å². The minimum absolute atomic E-state index is 0.0717. The standard InChI is InChI=1S/C12H15BrN4O/c1-3-17-10(12(13)8(2)15-17)7-16-6-9(14)4-5-11(16)18/h4-6H,3,7,14H2,1-2H3. The number of nitrogen functional groups attached to an aromatic ring is 1. The Kier molecular flexibility index (Phi) is 3.56. The van der Waals surface area contributed by atoms with Crippen LogP contribution in [0.25, 0.3) is 0 Å². The van der Waals surface area contributed by atoms with E-state index < -0.39 is 0 Å². The Hall–Kier alpha value is -1.56. The molecule has 0 aliphatic carbocycles. The normalized spacial score (nSPS) is 10.8. The summed E-state index contributed by atoms with van der Waals surface area (Å²) >= 11 is 3.51. The van der Waals surface area contributed by atoms with Crippen molar-refractivity contribution in [3.63, 3.8) is 0 Å². The first-order valence-electron chi connectivity index (χ1n) is 5.70. The van der Waals surface area contributed by atoms with Crippen molar-refractivity contribution in [2.45, 2.75) is 26.9 Å². The van der Waals surface area contributed by atoms with E-state index in [9.17, 15) is 4.79 Å². The monoisotopic (exact) mass is 310 g/mol. The Bertz CT molecular complexity index is 629. The average molecular weight is 311 g/mol. The zero-order valence-electron chi connectivity index (χ0n) is 10.4. The molecule has 5 nitrogen and oxygen atoms in total. The maximum Gasteiger partial charge on any atom is 0.251 e. The smallest absolute Gasteiger partial charge is 0.251 e. The lowest BCUT2D eigenvalue weighted by Crippen LogP contribution is -2.21. The zero-order chi connectivity index (χ0) is 13.3. The Morgan fingerprint density at radius 2 is 2.17 bits per heavy atom. The fourth-order valence-electron chi connectivity index (χ4n) is 1.85. The molecule has 2 rings (SSSR count). The van der Waals surface area contributed by atoms with Crippen molar-refractivity contribution in [1.29, 1.82) is 0 Å². The molecular weight excluding hydrogens is 296 g/mol. The number of nitrogens with two attached hydrogens (primary N) is 1. The summed E-state index contributed by atoms with van der Waals surface area (Å²) in [7, 11) is 0. The van der Waals surface area contributed by atoms with Crippen LogP contribution in [-0.4, -0.2) is 14.3 Å². The van der Waals surface area contributed by atoms with E-state index in [4.69, 9.17) is 5.73 Å². The third-order valence-electron chi connectivity index (χ3n) is 2.78. The number of pyridine rings is 1. The molecule has 0 amide bonds. The predicted octanol–water partition coefficient (Wildman–Crippen LogP) is 1.77. The molecule has 0 spiro atoms. The van der Waals surface area contributed by atoms with E-state index >= 15 is 0 Å². The van der Waals surface area contributed by atoms with E-state index in [0.717, 1.165) is 22.4 Å². The molecule has 6 heteroatoms. The molecule has 2 aromatic heterocycles. The number of hydrogen-bond donors (Lipinski definition) is 1. The number of hydrogen-bond acceptors (Lipinski definition) is 3. The van der Waals surface area contributed by atoms with Gasteiger partial charge in [-0.3, -0.25) is 9.48 Å². The molecule has 0 saturated carbocycles. The van der Waals surface area contributed by atoms with Gasteiger partial charge >= 0.3 is 0 Å². The minimum Gasteiger partial charge on any atom is -0.398 e. The van der Waals surface area contributed by atoms with Gasteiger partial charge in [0.25, 0.3) is 5.56 Å². The first kappa shape index (κ1) is 12.9. The van der Waals surface area contributed by atoms with Gasteiger partial charge in [-0.05, 0) is 35.8 Å². The van der Waals surface area contributed by atoms with Gasteiger partial charge in [-0.25, -0.2) is 0 Å². The van der Waals surface area contributed by atoms with Gasteiger partial charge in [-0.15, -0.1) is 0 Å². The molecule has 0 aliphatic heterocycles. The fourth-order valence-corrected chi connectivity index (χ4v) is 2.26. The highest BCUT2D eigenvalue weighted by Gasteiger charge is 2.12. The third kappa shape index (κ3) is 2.33. The molecule has 0 radical (unpaired) electrons. The second kappa shape index (κ2) is 4.97. The number of nitrogens with zero attached hydrogens (tertiary/aromatic N) is 3. The lowest BCUT2D eigenvalue weighted by molar-refractivity contribution is 0.591. The van der Waals surface area contributed by atoms with Crippen LogP contribution in [-0.2, 0) is 13.1 Å². The highest BCUT2D eigenvalue weighted by Crippen LogP contribution is 2.21. The highest BCUT2D eigenvalue weighted by atomic mass is 79.9. The summed E-state index contributed by atoms with van der Waals surface area (Å²) in [6.07, 6.45) is 1.65. The summed E-state index contributed by atoms with van der Waals surface area (Å²) in [4.78, 5) is 11.8. The van der Waals surface area contributed by atoms with Crippen LogP contribution < -0.4 is 11.3 Å². The van der Waals surface area contributed by atoms with Gasteiger partial charge < -0.3 is 10.3 Å². The summed E-state index contributed by atoms with van der Waals surface area (Å²) in [5.41, 5.74) is 8.10. The molecule has 2 N–H and O–H groups in total. The summed E-state index contributed by atoms with van der Waals surface area (Å²) in [6, 6.07) is 3.08. The van der Waals surface area contributed by atoms with Crippen molar-refractivity contribution in [1.82, 2.24) is 14.3 Å². The first-order chi connectivity index (χ1) is 8.52. The van der Waals surface area contributed by atoms with Gasteiger partial charge in [0, 0.05) is 24.5 Å². The number of anilines is 1. The van der Waals surface area contributed by atoms with Crippen LogP contribution in [0.5, 0.6) is 0 Å². The van der Waals surface area contributed by atoms with Gasteiger partial charge in [0.15, 0.2) is 0 Å². The molecule has 0 bridgehead atoms. The molecule has 2 aromatic rings. The first-order valence-corrected chi connectivity index (χ1v) is 6.50. The molecule has 0 aliphatic rings. The van der Waals surface area contributed by atoms with Gasteiger partial charge in [0.2, 0.25) is 0 Å². The molecule has 2 heterocycles. The fraction of sp³-hybridized carbons (Fsp3) is 0.333. The van der Waals surface area contributed by atoms with Crippen LogP contribution in [0.1, 0.15) is 18.3 Å². The number of rotatable bonds is 3. The van der Waals surface area contributed by atoms with E-state index in [1.165, 1.54) is 6.07 Å². The molecular formula is C12H15BrN4O. The minimum atomic E-state index is -0.0717. The molecule has 18 heavy (non-hydrogen) atoms. The Balaban J connectivity index is 2.45.